The smallest absolute Gasteiger partial charge is 0.145 e. The van der Waals surface area contributed by atoms with Crippen LogP contribution in [0.4, 0.5) is 5.82 Å². The number of nitriles is 1. The first-order valence-electron chi connectivity index (χ1n) is 6.92. The van der Waals surface area contributed by atoms with Crippen molar-refractivity contribution in [1.29, 1.82) is 5.26 Å². The van der Waals surface area contributed by atoms with Crippen molar-refractivity contribution in [1.82, 2.24) is 9.78 Å². The molecule has 3 rings (SSSR count). The number of aromatic nitrogens is 2. The van der Waals surface area contributed by atoms with Crippen LogP contribution in [-0.4, -0.2) is 22.4 Å². The van der Waals surface area contributed by atoms with E-state index in [2.05, 4.69) is 16.1 Å². The molecule has 18 heavy (non-hydrogen) atoms. The summed E-state index contributed by atoms with van der Waals surface area (Å²) in [5.41, 5.74) is 1.62. The van der Waals surface area contributed by atoms with E-state index in [0.717, 1.165) is 29.5 Å². The van der Waals surface area contributed by atoms with E-state index in [4.69, 9.17) is 0 Å². The molecule has 2 aliphatic rings. The molecule has 2 heterocycles. The lowest BCUT2D eigenvalue weighted by atomic mass is 9.85. The van der Waals surface area contributed by atoms with Crippen LogP contribution in [0.2, 0.25) is 0 Å². The molecular formula is C14H20N4. The minimum atomic E-state index is 0.639. The maximum absolute atomic E-state index is 9.34. The highest BCUT2D eigenvalue weighted by Gasteiger charge is 2.38. The van der Waals surface area contributed by atoms with E-state index in [1.165, 1.54) is 32.1 Å². The van der Waals surface area contributed by atoms with Crippen molar-refractivity contribution in [3.8, 4) is 6.07 Å². The Morgan fingerprint density at radius 3 is 2.83 bits per heavy atom. The summed E-state index contributed by atoms with van der Waals surface area (Å²) in [5.74, 6) is 1.88. The molecule has 0 N–H and O–H groups in total. The second-order valence-electron chi connectivity index (χ2n) is 5.61. The SMILES string of the molecule is Cc1nn(C)c(N2CCC3CCCCC32)c1C#N. The monoisotopic (exact) mass is 244 g/mol. The molecule has 1 aliphatic carbocycles. The standard InChI is InChI=1S/C14H20N4/c1-10-12(9-15)14(17(2)16-10)18-8-7-11-5-3-4-6-13(11)18/h11,13H,3-8H2,1-2H3. The molecule has 0 radical (unpaired) electrons. The van der Waals surface area contributed by atoms with Crippen LogP contribution in [0.15, 0.2) is 0 Å². The summed E-state index contributed by atoms with van der Waals surface area (Å²) in [5, 5.41) is 13.8. The van der Waals surface area contributed by atoms with E-state index < -0.39 is 0 Å². The van der Waals surface area contributed by atoms with Crippen molar-refractivity contribution in [3.05, 3.63) is 11.3 Å². The van der Waals surface area contributed by atoms with Gasteiger partial charge in [-0.05, 0) is 32.1 Å². The Bertz CT molecular complexity index is 497. The molecule has 1 saturated heterocycles. The van der Waals surface area contributed by atoms with Gasteiger partial charge in [0.05, 0.1) is 5.69 Å². The van der Waals surface area contributed by atoms with Gasteiger partial charge in [0.1, 0.15) is 17.5 Å². The van der Waals surface area contributed by atoms with Crippen LogP contribution >= 0.6 is 0 Å². The molecule has 2 unspecified atom stereocenters. The van der Waals surface area contributed by atoms with Crippen LogP contribution in [-0.2, 0) is 7.05 Å². The number of aryl methyl sites for hydroxylation is 2. The fourth-order valence-electron chi connectivity index (χ4n) is 3.78. The lowest BCUT2D eigenvalue weighted by molar-refractivity contribution is 0.340. The van der Waals surface area contributed by atoms with E-state index in [9.17, 15) is 5.26 Å². The van der Waals surface area contributed by atoms with Gasteiger partial charge in [-0.25, -0.2) is 0 Å². The topological polar surface area (TPSA) is 44.9 Å². The van der Waals surface area contributed by atoms with Crippen molar-refractivity contribution in [3.63, 3.8) is 0 Å². The summed E-state index contributed by atoms with van der Waals surface area (Å²) in [7, 11) is 1.96. The molecule has 96 valence electrons. The molecule has 1 aliphatic heterocycles. The van der Waals surface area contributed by atoms with Gasteiger partial charge in [-0.1, -0.05) is 12.8 Å². The Balaban J connectivity index is 1.98. The predicted octanol–water partition coefficient (Wildman–Crippen LogP) is 2.37. The molecule has 0 aromatic carbocycles. The van der Waals surface area contributed by atoms with Crippen LogP contribution in [0.1, 0.15) is 43.4 Å². The van der Waals surface area contributed by atoms with Gasteiger partial charge in [0.15, 0.2) is 0 Å². The second kappa shape index (κ2) is 4.31. The molecule has 2 atom stereocenters. The largest absolute Gasteiger partial charge is 0.352 e. The van der Waals surface area contributed by atoms with E-state index in [1.807, 2.05) is 18.7 Å². The molecule has 2 fully saturated rings. The number of fused-ring (bicyclic) bond motifs is 1. The summed E-state index contributed by atoms with van der Waals surface area (Å²) < 4.78 is 1.89. The third-order valence-corrected chi connectivity index (χ3v) is 4.59. The molecule has 0 spiro atoms. The summed E-state index contributed by atoms with van der Waals surface area (Å²) in [6.07, 6.45) is 6.63. The van der Waals surface area contributed by atoms with Crippen LogP contribution in [0, 0.1) is 24.2 Å². The number of hydrogen-bond acceptors (Lipinski definition) is 3. The maximum atomic E-state index is 9.34. The molecule has 1 aromatic heterocycles. The van der Waals surface area contributed by atoms with Crippen molar-refractivity contribution in [2.45, 2.75) is 45.1 Å². The van der Waals surface area contributed by atoms with Crippen molar-refractivity contribution >= 4 is 5.82 Å². The maximum Gasteiger partial charge on any atom is 0.145 e. The Labute approximate surface area is 108 Å². The van der Waals surface area contributed by atoms with Gasteiger partial charge < -0.3 is 4.90 Å². The number of hydrogen-bond donors (Lipinski definition) is 0. The number of rotatable bonds is 1. The molecule has 4 nitrogen and oxygen atoms in total. The first kappa shape index (κ1) is 11.6. The zero-order valence-corrected chi connectivity index (χ0v) is 11.2. The van der Waals surface area contributed by atoms with Crippen LogP contribution in [0.5, 0.6) is 0 Å². The van der Waals surface area contributed by atoms with E-state index >= 15 is 0 Å². The van der Waals surface area contributed by atoms with Crippen molar-refractivity contribution < 1.29 is 0 Å². The minimum Gasteiger partial charge on any atom is -0.352 e. The van der Waals surface area contributed by atoms with Gasteiger partial charge in [0.2, 0.25) is 0 Å². The van der Waals surface area contributed by atoms with Gasteiger partial charge in [-0.15, -0.1) is 0 Å². The Morgan fingerprint density at radius 2 is 2.06 bits per heavy atom. The molecule has 4 heteroatoms. The zero-order chi connectivity index (χ0) is 12.7. The molecule has 1 saturated carbocycles. The lowest BCUT2D eigenvalue weighted by Gasteiger charge is -2.33. The average molecular weight is 244 g/mol. The Morgan fingerprint density at radius 1 is 1.28 bits per heavy atom. The molecule has 1 aromatic rings. The normalized spacial score (nSPS) is 27.1. The third kappa shape index (κ3) is 1.61. The van der Waals surface area contributed by atoms with Gasteiger partial charge in [-0.2, -0.15) is 10.4 Å². The molecule has 0 bridgehead atoms. The van der Waals surface area contributed by atoms with E-state index in [-0.39, 0.29) is 0 Å². The molecular weight excluding hydrogens is 224 g/mol. The second-order valence-corrected chi connectivity index (χ2v) is 5.61. The lowest BCUT2D eigenvalue weighted by Crippen LogP contribution is -2.36. The highest BCUT2D eigenvalue weighted by molar-refractivity contribution is 5.58. The Kier molecular flexibility index (Phi) is 2.77. The fraction of sp³-hybridized carbons (Fsp3) is 0.714. The summed E-state index contributed by atoms with van der Waals surface area (Å²) in [6, 6.07) is 2.97. The summed E-state index contributed by atoms with van der Waals surface area (Å²) in [6.45, 7) is 3.01. The highest BCUT2D eigenvalue weighted by atomic mass is 15.4. The first-order chi connectivity index (χ1) is 8.72. The van der Waals surface area contributed by atoms with Crippen molar-refractivity contribution in [2.75, 3.05) is 11.4 Å². The van der Waals surface area contributed by atoms with Crippen LogP contribution < -0.4 is 4.90 Å². The van der Waals surface area contributed by atoms with E-state index in [0.29, 0.717) is 6.04 Å². The third-order valence-electron chi connectivity index (χ3n) is 4.59. The van der Waals surface area contributed by atoms with Gasteiger partial charge in [0.25, 0.3) is 0 Å². The van der Waals surface area contributed by atoms with Gasteiger partial charge in [-0.3, -0.25) is 4.68 Å². The predicted molar refractivity (Wildman–Crippen MR) is 70.4 cm³/mol. The van der Waals surface area contributed by atoms with Gasteiger partial charge in [0, 0.05) is 19.6 Å². The molecule has 0 amide bonds. The summed E-state index contributed by atoms with van der Waals surface area (Å²) >= 11 is 0. The Hall–Kier alpha value is -1.50. The van der Waals surface area contributed by atoms with Crippen LogP contribution in [0.25, 0.3) is 0 Å². The number of anilines is 1. The highest BCUT2D eigenvalue weighted by Crippen LogP contribution is 2.39. The fourth-order valence-corrected chi connectivity index (χ4v) is 3.78. The van der Waals surface area contributed by atoms with Gasteiger partial charge >= 0.3 is 0 Å². The quantitative estimate of drug-likeness (QED) is 0.762. The average Bonchev–Trinajstić information content (AvgIpc) is 2.89. The minimum absolute atomic E-state index is 0.639. The van der Waals surface area contributed by atoms with E-state index in [1.54, 1.807) is 0 Å². The first-order valence-corrected chi connectivity index (χ1v) is 6.92. The zero-order valence-electron chi connectivity index (χ0n) is 11.2. The van der Waals surface area contributed by atoms with Crippen LogP contribution in [0.3, 0.4) is 0 Å². The summed E-state index contributed by atoms with van der Waals surface area (Å²) in [4.78, 5) is 2.45. The van der Waals surface area contributed by atoms with Crippen molar-refractivity contribution in [2.24, 2.45) is 13.0 Å². The number of nitrogens with zero attached hydrogens (tertiary/aromatic N) is 4.